The highest BCUT2D eigenvalue weighted by atomic mass is 32.1. The third kappa shape index (κ3) is 4.38. The van der Waals surface area contributed by atoms with Gasteiger partial charge in [0.2, 0.25) is 0 Å². The van der Waals surface area contributed by atoms with Gasteiger partial charge in [0, 0.05) is 12.0 Å². The van der Waals surface area contributed by atoms with Crippen molar-refractivity contribution in [3.8, 4) is 17.2 Å². The van der Waals surface area contributed by atoms with Crippen LogP contribution in [0.2, 0.25) is 0 Å². The predicted molar refractivity (Wildman–Crippen MR) is 153 cm³/mol. The van der Waals surface area contributed by atoms with E-state index in [9.17, 15) is 14.7 Å². The number of ketones is 1. The third-order valence-corrected chi connectivity index (χ3v) is 7.96. The van der Waals surface area contributed by atoms with E-state index in [0.717, 1.165) is 16.0 Å². The van der Waals surface area contributed by atoms with E-state index in [0.29, 0.717) is 46.3 Å². The number of benzene rings is 3. The predicted octanol–water partition coefficient (Wildman–Crippen LogP) is 5.82. The first kappa shape index (κ1) is 25.6. The molecule has 1 aromatic heterocycles. The summed E-state index contributed by atoms with van der Waals surface area (Å²) in [5.74, 6) is 0.130. The Morgan fingerprint density at radius 1 is 1.18 bits per heavy atom. The van der Waals surface area contributed by atoms with Crippen molar-refractivity contribution in [3.05, 3.63) is 95.6 Å². The first-order valence-electron chi connectivity index (χ1n) is 12.8. The summed E-state index contributed by atoms with van der Waals surface area (Å²) in [6.45, 7) is 5.95. The van der Waals surface area contributed by atoms with Crippen LogP contribution in [-0.4, -0.2) is 41.6 Å². The number of hydrogen-bond acceptors (Lipinski definition) is 8. The van der Waals surface area contributed by atoms with Gasteiger partial charge in [-0.3, -0.25) is 14.5 Å². The Hall–Kier alpha value is -4.63. The first-order chi connectivity index (χ1) is 19.4. The molecule has 0 aliphatic carbocycles. The summed E-state index contributed by atoms with van der Waals surface area (Å²) in [4.78, 5) is 33.3. The molecular formula is C31H26N2O6S. The second-order valence-corrected chi connectivity index (χ2v) is 10.6. The van der Waals surface area contributed by atoms with Crippen LogP contribution in [0.1, 0.15) is 29.7 Å². The van der Waals surface area contributed by atoms with Gasteiger partial charge in [-0.1, -0.05) is 36.1 Å². The summed E-state index contributed by atoms with van der Waals surface area (Å²) in [5.41, 5.74) is 2.61. The molecule has 0 spiro atoms. The van der Waals surface area contributed by atoms with Gasteiger partial charge in [0.15, 0.2) is 5.13 Å². The summed E-state index contributed by atoms with van der Waals surface area (Å²) in [5, 5.41) is 11.9. The lowest BCUT2D eigenvalue weighted by Gasteiger charge is -2.23. The minimum absolute atomic E-state index is 0.0189. The number of carbonyl (C=O) groups is 2. The Balaban J connectivity index is 1.52. The molecule has 0 saturated carbocycles. The van der Waals surface area contributed by atoms with Gasteiger partial charge in [-0.2, -0.15) is 0 Å². The number of methoxy groups -OCH3 is 1. The van der Waals surface area contributed by atoms with Crippen LogP contribution >= 0.6 is 11.3 Å². The Bertz CT molecular complexity index is 1710. The molecule has 1 amide bonds. The molecule has 1 N–H and O–H groups in total. The molecular weight excluding hydrogens is 528 g/mol. The maximum absolute atomic E-state index is 13.6. The van der Waals surface area contributed by atoms with E-state index in [-0.39, 0.29) is 17.4 Å². The number of thiazole rings is 1. The van der Waals surface area contributed by atoms with Crippen molar-refractivity contribution in [3.63, 3.8) is 0 Å². The van der Waals surface area contributed by atoms with E-state index in [4.69, 9.17) is 14.2 Å². The number of aromatic nitrogens is 1. The number of carbonyl (C=O) groups excluding carboxylic acids is 2. The molecule has 1 saturated heterocycles. The molecule has 2 atom stereocenters. The summed E-state index contributed by atoms with van der Waals surface area (Å²) >= 11 is 1.27. The second kappa shape index (κ2) is 10.2. The number of anilines is 1. The molecule has 0 bridgehead atoms. The lowest BCUT2D eigenvalue weighted by atomic mass is 9.94. The van der Waals surface area contributed by atoms with Gasteiger partial charge in [-0.25, -0.2) is 4.98 Å². The molecule has 40 heavy (non-hydrogen) atoms. The minimum atomic E-state index is -0.932. The summed E-state index contributed by atoms with van der Waals surface area (Å²) in [6, 6.07) is 16.9. The number of rotatable bonds is 7. The highest BCUT2D eigenvalue weighted by Crippen LogP contribution is 2.45. The monoisotopic (exact) mass is 554 g/mol. The van der Waals surface area contributed by atoms with E-state index >= 15 is 0 Å². The van der Waals surface area contributed by atoms with Crippen LogP contribution in [0, 0.1) is 0 Å². The van der Waals surface area contributed by atoms with Gasteiger partial charge in [0.05, 0.1) is 28.9 Å². The highest BCUT2D eigenvalue weighted by molar-refractivity contribution is 7.22. The maximum atomic E-state index is 13.6. The molecule has 3 heterocycles. The van der Waals surface area contributed by atoms with E-state index in [1.54, 1.807) is 61.7 Å². The van der Waals surface area contributed by atoms with E-state index in [2.05, 4.69) is 11.6 Å². The summed E-state index contributed by atoms with van der Waals surface area (Å²) < 4.78 is 17.7. The highest BCUT2D eigenvalue weighted by Gasteiger charge is 2.48. The van der Waals surface area contributed by atoms with Crippen LogP contribution in [0.15, 0.2) is 78.9 Å². The van der Waals surface area contributed by atoms with Gasteiger partial charge in [0.1, 0.15) is 35.7 Å². The van der Waals surface area contributed by atoms with Crippen LogP contribution in [0.4, 0.5) is 5.13 Å². The number of fused-ring (bicyclic) bond motifs is 2. The van der Waals surface area contributed by atoms with Crippen LogP contribution in [0.25, 0.3) is 16.0 Å². The molecule has 8 nitrogen and oxygen atoms in total. The summed E-state index contributed by atoms with van der Waals surface area (Å²) in [6.07, 6.45) is 2.34. The number of Topliss-reactive ketones (excluding diaryl/α,β-unsaturated/α-hetero) is 1. The fourth-order valence-electron chi connectivity index (χ4n) is 5.12. The van der Waals surface area contributed by atoms with Crippen molar-refractivity contribution >= 4 is 44.1 Å². The van der Waals surface area contributed by atoms with E-state index in [1.165, 1.54) is 16.2 Å². The largest absolute Gasteiger partial charge is 0.507 e. The molecule has 2 aliphatic heterocycles. The van der Waals surface area contributed by atoms with Crippen molar-refractivity contribution in [1.29, 1.82) is 0 Å². The lowest BCUT2D eigenvalue weighted by Crippen LogP contribution is -2.29. The number of nitrogens with zero attached hydrogens (tertiary/aromatic N) is 2. The normalized spacial score (nSPS) is 19.5. The molecule has 2 unspecified atom stereocenters. The summed E-state index contributed by atoms with van der Waals surface area (Å²) in [7, 11) is 1.58. The molecule has 6 rings (SSSR count). The Morgan fingerprint density at radius 3 is 2.83 bits per heavy atom. The molecule has 9 heteroatoms. The average molecular weight is 555 g/mol. The van der Waals surface area contributed by atoms with Crippen molar-refractivity contribution in [1.82, 2.24) is 4.98 Å². The Labute approximate surface area is 234 Å². The van der Waals surface area contributed by atoms with Gasteiger partial charge in [-0.05, 0) is 66.6 Å². The lowest BCUT2D eigenvalue weighted by molar-refractivity contribution is -0.132. The van der Waals surface area contributed by atoms with Crippen molar-refractivity contribution in [2.24, 2.45) is 0 Å². The SMILES string of the molecule is C=CCOc1cccc(C2C(=C(O)c3ccc4c(c3)CC(C)O4)C(=O)C(=O)N2c2nc3ccc(OC)cc3s2)c1. The van der Waals surface area contributed by atoms with Crippen LogP contribution in [-0.2, 0) is 16.0 Å². The fourth-order valence-corrected chi connectivity index (χ4v) is 6.14. The van der Waals surface area contributed by atoms with Gasteiger partial charge in [0.25, 0.3) is 5.78 Å². The molecule has 202 valence electrons. The topological polar surface area (TPSA) is 98.2 Å². The number of aliphatic hydroxyl groups is 1. The molecule has 0 radical (unpaired) electrons. The minimum Gasteiger partial charge on any atom is -0.507 e. The number of aliphatic hydroxyl groups excluding tert-OH is 1. The molecule has 4 aromatic rings. The second-order valence-electron chi connectivity index (χ2n) is 9.63. The number of ether oxygens (including phenoxy) is 3. The zero-order chi connectivity index (χ0) is 28.0. The van der Waals surface area contributed by atoms with Gasteiger partial charge in [-0.15, -0.1) is 0 Å². The zero-order valence-corrected chi connectivity index (χ0v) is 22.7. The fraction of sp³-hybridized carbons (Fsp3) is 0.194. The maximum Gasteiger partial charge on any atom is 0.301 e. The van der Waals surface area contributed by atoms with Crippen LogP contribution in [0.3, 0.4) is 0 Å². The quantitative estimate of drug-likeness (QED) is 0.133. The average Bonchev–Trinajstić information content (AvgIpc) is 3.63. The van der Waals surface area contributed by atoms with Crippen LogP contribution < -0.4 is 19.1 Å². The number of hydrogen-bond donors (Lipinski definition) is 1. The molecule has 1 fully saturated rings. The first-order valence-corrected chi connectivity index (χ1v) is 13.6. The standard InChI is InChI=1S/C31H26N2O6S/c1-4-12-38-22-7-5-6-18(15-22)27-26(28(34)19-8-11-24-20(14-19)13-17(2)39-24)29(35)30(36)33(27)31-32-23-10-9-21(37-3)16-25(23)40-31/h4-11,14-17,27,34H,1,12-13H2,2-3H3. The Kier molecular flexibility index (Phi) is 6.51. The van der Waals surface area contributed by atoms with E-state index in [1.807, 2.05) is 19.1 Å². The zero-order valence-electron chi connectivity index (χ0n) is 21.9. The molecule has 2 aliphatic rings. The van der Waals surface area contributed by atoms with Crippen LogP contribution in [0.5, 0.6) is 17.2 Å². The smallest absolute Gasteiger partial charge is 0.301 e. The van der Waals surface area contributed by atoms with Crippen molar-refractivity contribution in [2.75, 3.05) is 18.6 Å². The molecule has 3 aromatic carbocycles. The number of amides is 1. The van der Waals surface area contributed by atoms with Gasteiger partial charge < -0.3 is 19.3 Å². The third-order valence-electron chi connectivity index (χ3n) is 6.95. The van der Waals surface area contributed by atoms with Crippen molar-refractivity contribution in [2.45, 2.75) is 25.5 Å². The van der Waals surface area contributed by atoms with E-state index < -0.39 is 17.7 Å². The Morgan fingerprint density at radius 2 is 2.02 bits per heavy atom. The van der Waals surface area contributed by atoms with Crippen molar-refractivity contribution < 1.29 is 28.9 Å². The van der Waals surface area contributed by atoms with Gasteiger partial charge >= 0.3 is 5.91 Å².